The van der Waals surface area contributed by atoms with Crippen LogP contribution in [0.1, 0.15) is 24.8 Å². The summed E-state index contributed by atoms with van der Waals surface area (Å²) in [6, 6.07) is 10.4. The third-order valence-corrected chi connectivity index (χ3v) is 3.63. The van der Waals surface area contributed by atoms with E-state index in [4.69, 9.17) is 0 Å². The molecule has 3 heteroatoms. The van der Waals surface area contributed by atoms with E-state index in [-0.39, 0.29) is 11.3 Å². The lowest BCUT2D eigenvalue weighted by molar-refractivity contribution is -0.117. The van der Waals surface area contributed by atoms with Crippen LogP contribution >= 0.6 is 0 Å². The van der Waals surface area contributed by atoms with Gasteiger partial charge in [0.25, 0.3) is 0 Å². The molecule has 1 fully saturated rings. The Kier molecular flexibility index (Phi) is 2.06. The summed E-state index contributed by atoms with van der Waals surface area (Å²) >= 11 is 0. The van der Waals surface area contributed by atoms with E-state index in [1.165, 1.54) is 12.0 Å². The van der Waals surface area contributed by atoms with Gasteiger partial charge in [-0.05, 0) is 18.4 Å². The molecule has 16 heavy (non-hydrogen) atoms. The molecule has 0 atom stereocenters. The molecule has 1 heterocycles. The topological polar surface area (TPSA) is 41.5 Å². The molecule has 0 bridgehead atoms. The van der Waals surface area contributed by atoms with Gasteiger partial charge in [0.05, 0.1) is 5.41 Å². The third-order valence-electron chi connectivity index (χ3n) is 3.63. The van der Waals surface area contributed by atoms with Gasteiger partial charge in [-0.3, -0.25) is 9.79 Å². The summed E-state index contributed by atoms with van der Waals surface area (Å²) in [7, 11) is 0. The van der Waals surface area contributed by atoms with Crippen LogP contribution < -0.4 is 5.32 Å². The van der Waals surface area contributed by atoms with Crippen molar-refractivity contribution >= 4 is 11.7 Å². The quantitative estimate of drug-likeness (QED) is 0.798. The zero-order valence-electron chi connectivity index (χ0n) is 9.07. The van der Waals surface area contributed by atoms with Gasteiger partial charge in [0, 0.05) is 0 Å². The highest BCUT2D eigenvalue weighted by atomic mass is 16.2. The molecule has 1 aromatic carbocycles. The molecule has 1 aromatic rings. The Balaban J connectivity index is 1.98. The van der Waals surface area contributed by atoms with Crippen molar-refractivity contribution in [2.45, 2.75) is 24.7 Å². The molecule has 0 unspecified atom stereocenters. The Morgan fingerprint density at radius 3 is 2.44 bits per heavy atom. The lowest BCUT2D eigenvalue weighted by Gasteiger charge is -2.42. The van der Waals surface area contributed by atoms with Crippen LogP contribution in [0, 0.1) is 0 Å². The first-order chi connectivity index (χ1) is 7.81. The Morgan fingerprint density at radius 2 is 1.94 bits per heavy atom. The van der Waals surface area contributed by atoms with Crippen molar-refractivity contribution in [2.24, 2.45) is 4.99 Å². The third kappa shape index (κ3) is 1.28. The van der Waals surface area contributed by atoms with Crippen molar-refractivity contribution in [1.29, 1.82) is 0 Å². The molecule has 82 valence electrons. The van der Waals surface area contributed by atoms with E-state index >= 15 is 0 Å². The number of amides is 1. The SMILES string of the molecule is O=C1CN=C(C2(c3ccccc3)CCC2)N1. The van der Waals surface area contributed by atoms with Crippen molar-refractivity contribution in [3.63, 3.8) is 0 Å². The lowest BCUT2D eigenvalue weighted by Crippen LogP contribution is -2.48. The van der Waals surface area contributed by atoms with Gasteiger partial charge in [0.1, 0.15) is 12.4 Å². The van der Waals surface area contributed by atoms with E-state index in [9.17, 15) is 4.79 Å². The van der Waals surface area contributed by atoms with Crippen molar-refractivity contribution in [1.82, 2.24) is 5.32 Å². The highest BCUT2D eigenvalue weighted by molar-refractivity contribution is 6.09. The zero-order chi connectivity index (χ0) is 11.0. The molecule has 2 aliphatic rings. The fraction of sp³-hybridized carbons (Fsp3) is 0.385. The Hall–Kier alpha value is -1.64. The fourth-order valence-corrected chi connectivity index (χ4v) is 2.58. The molecule has 1 N–H and O–H groups in total. The largest absolute Gasteiger partial charge is 0.312 e. The summed E-state index contributed by atoms with van der Waals surface area (Å²) in [5, 5.41) is 2.91. The first kappa shape index (κ1) is 9.58. The number of rotatable bonds is 2. The van der Waals surface area contributed by atoms with Crippen LogP contribution in [-0.2, 0) is 10.2 Å². The molecule has 3 nitrogen and oxygen atoms in total. The van der Waals surface area contributed by atoms with Crippen LogP contribution in [0.2, 0.25) is 0 Å². The number of nitrogens with zero attached hydrogens (tertiary/aromatic N) is 1. The van der Waals surface area contributed by atoms with E-state index in [0.717, 1.165) is 18.7 Å². The predicted octanol–water partition coefficient (Wildman–Crippen LogP) is 1.64. The molecular weight excluding hydrogens is 200 g/mol. The second kappa shape index (κ2) is 3.44. The molecule has 0 spiro atoms. The second-order valence-corrected chi connectivity index (χ2v) is 4.51. The summed E-state index contributed by atoms with van der Waals surface area (Å²) in [4.78, 5) is 15.6. The average molecular weight is 214 g/mol. The van der Waals surface area contributed by atoms with Crippen LogP contribution in [-0.4, -0.2) is 18.3 Å². The van der Waals surface area contributed by atoms with Crippen LogP contribution in [0.4, 0.5) is 0 Å². The van der Waals surface area contributed by atoms with Gasteiger partial charge in [-0.1, -0.05) is 36.8 Å². The van der Waals surface area contributed by atoms with Gasteiger partial charge in [0.2, 0.25) is 5.91 Å². The second-order valence-electron chi connectivity index (χ2n) is 4.51. The minimum atomic E-state index is -0.00653. The summed E-state index contributed by atoms with van der Waals surface area (Å²) in [6.45, 7) is 0.296. The summed E-state index contributed by atoms with van der Waals surface area (Å²) in [6.07, 6.45) is 3.40. The zero-order valence-corrected chi connectivity index (χ0v) is 9.07. The van der Waals surface area contributed by atoms with Crippen molar-refractivity contribution in [2.75, 3.05) is 6.54 Å². The summed E-state index contributed by atoms with van der Waals surface area (Å²) in [5.74, 6) is 0.909. The minimum absolute atomic E-state index is 0.00653. The van der Waals surface area contributed by atoms with E-state index in [1.54, 1.807) is 0 Å². The van der Waals surface area contributed by atoms with E-state index in [2.05, 4.69) is 22.4 Å². The van der Waals surface area contributed by atoms with Crippen molar-refractivity contribution in [3.8, 4) is 0 Å². The van der Waals surface area contributed by atoms with Gasteiger partial charge in [-0.15, -0.1) is 0 Å². The van der Waals surface area contributed by atoms with Gasteiger partial charge in [-0.2, -0.15) is 0 Å². The number of carbonyl (C=O) groups is 1. The van der Waals surface area contributed by atoms with Gasteiger partial charge >= 0.3 is 0 Å². The Morgan fingerprint density at radius 1 is 1.19 bits per heavy atom. The van der Waals surface area contributed by atoms with Crippen LogP contribution in [0.5, 0.6) is 0 Å². The smallest absolute Gasteiger partial charge is 0.247 e. The fourth-order valence-electron chi connectivity index (χ4n) is 2.58. The maximum Gasteiger partial charge on any atom is 0.247 e. The van der Waals surface area contributed by atoms with Crippen LogP contribution in [0.15, 0.2) is 35.3 Å². The Bertz CT molecular complexity index is 446. The van der Waals surface area contributed by atoms with Crippen molar-refractivity contribution in [3.05, 3.63) is 35.9 Å². The molecule has 1 amide bonds. The molecule has 0 saturated heterocycles. The maximum atomic E-state index is 11.2. The van der Waals surface area contributed by atoms with Gasteiger partial charge in [0.15, 0.2) is 0 Å². The molecular formula is C13H14N2O. The van der Waals surface area contributed by atoms with Crippen molar-refractivity contribution < 1.29 is 4.79 Å². The summed E-state index contributed by atoms with van der Waals surface area (Å²) in [5.41, 5.74) is 1.27. The van der Waals surface area contributed by atoms with E-state index in [0.29, 0.717) is 6.54 Å². The molecule has 0 radical (unpaired) electrons. The number of amidine groups is 1. The van der Waals surface area contributed by atoms with Crippen LogP contribution in [0.25, 0.3) is 0 Å². The number of nitrogens with one attached hydrogen (secondary N) is 1. The van der Waals surface area contributed by atoms with Gasteiger partial charge in [-0.25, -0.2) is 0 Å². The molecule has 1 saturated carbocycles. The molecule has 3 rings (SSSR count). The summed E-state index contributed by atoms with van der Waals surface area (Å²) < 4.78 is 0. The van der Waals surface area contributed by atoms with Crippen LogP contribution in [0.3, 0.4) is 0 Å². The Labute approximate surface area is 94.6 Å². The number of carbonyl (C=O) groups excluding carboxylic acids is 1. The average Bonchev–Trinajstić information content (AvgIpc) is 2.65. The maximum absolute atomic E-state index is 11.2. The molecule has 1 aliphatic carbocycles. The monoisotopic (exact) mass is 214 g/mol. The number of hydrogen-bond acceptors (Lipinski definition) is 2. The minimum Gasteiger partial charge on any atom is -0.312 e. The molecule has 1 aliphatic heterocycles. The number of aliphatic imine (C=N–C) groups is 1. The number of benzene rings is 1. The standard InChI is InChI=1S/C13H14N2O/c16-11-9-14-12(15-11)13(7-4-8-13)10-5-2-1-3-6-10/h1-3,5-6H,4,7-9H2,(H,14,15,16). The van der Waals surface area contributed by atoms with Gasteiger partial charge < -0.3 is 5.32 Å². The predicted molar refractivity (Wildman–Crippen MR) is 62.4 cm³/mol. The first-order valence-corrected chi connectivity index (χ1v) is 5.72. The van der Waals surface area contributed by atoms with E-state index < -0.39 is 0 Å². The van der Waals surface area contributed by atoms with E-state index in [1.807, 2.05) is 18.2 Å². The molecule has 0 aromatic heterocycles. The number of hydrogen-bond donors (Lipinski definition) is 1. The lowest BCUT2D eigenvalue weighted by atomic mass is 9.63. The normalized spacial score (nSPS) is 22.2. The highest BCUT2D eigenvalue weighted by Crippen LogP contribution is 2.44. The highest BCUT2D eigenvalue weighted by Gasteiger charge is 2.45. The first-order valence-electron chi connectivity index (χ1n) is 5.72.